The van der Waals surface area contributed by atoms with Gasteiger partial charge in [0.15, 0.2) is 0 Å². The number of piperazine rings is 1. The molecule has 1 saturated heterocycles. The molecular weight excluding hydrogens is 326 g/mol. The summed E-state index contributed by atoms with van der Waals surface area (Å²) < 4.78 is 1.09. The van der Waals surface area contributed by atoms with Crippen LogP contribution in [-0.2, 0) is 0 Å². The fourth-order valence-electron chi connectivity index (χ4n) is 2.68. The summed E-state index contributed by atoms with van der Waals surface area (Å²) in [6, 6.07) is 3.52. The van der Waals surface area contributed by atoms with Crippen LogP contribution in [0.1, 0.15) is 0 Å². The van der Waals surface area contributed by atoms with E-state index in [0.29, 0.717) is 18.9 Å². The number of anilines is 2. The largest absolute Gasteiger partial charge is 0.352 e. The highest BCUT2D eigenvalue weighted by molar-refractivity contribution is 7.17. The standard InChI is InChI=1S/C15H15N7OS/c23-15(20-12-1-3-16-9-18-12)22-6-4-21(5-7-22)14-13-11(2-8-24-13)17-10-19-14/h1-3,8-10H,4-7H2,(H,16,18,20,23). The van der Waals surface area contributed by atoms with E-state index >= 15 is 0 Å². The first kappa shape index (κ1) is 14.8. The van der Waals surface area contributed by atoms with Gasteiger partial charge in [0.25, 0.3) is 0 Å². The summed E-state index contributed by atoms with van der Waals surface area (Å²) in [6.07, 6.45) is 4.61. The molecule has 4 heterocycles. The van der Waals surface area contributed by atoms with E-state index in [1.807, 2.05) is 11.4 Å². The molecule has 0 bridgehead atoms. The molecule has 0 aliphatic carbocycles. The summed E-state index contributed by atoms with van der Waals surface area (Å²) in [5, 5.41) is 4.81. The minimum Gasteiger partial charge on any atom is -0.352 e. The highest BCUT2D eigenvalue weighted by Gasteiger charge is 2.23. The summed E-state index contributed by atoms with van der Waals surface area (Å²) in [4.78, 5) is 32.8. The molecule has 3 aromatic rings. The number of nitrogens with zero attached hydrogens (tertiary/aromatic N) is 6. The topological polar surface area (TPSA) is 87.1 Å². The van der Waals surface area contributed by atoms with Crippen molar-refractivity contribution >= 4 is 39.2 Å². The monoisotopic (exact) mass is 341 g/mol. The van der Waals surface area contributed by atoms with Crippen LogP contribution in [0, 0.1) is 0 Å². The number of nitrogens with one attached hydrogen (secondary N) is 1. The zero-order chi connectivity index (χ0) is 16.4. The van der Waals surface area contributed by atoms with Crippen LogP contribution in [0.25, 0.3) is 10.2 Å². The molecule has 1 N–H and O–H groups in total. The van der Waals surface area contributed by atoms with Crippen molar-refractivity contribution in [3.63, 3.8) is 0 Å². The lowest BCUT2D eigenvalue weighted by atomic mass is 10.3. The van der Waals surface area contributed by atoms with Gasteiger partial charge in [-0.2, -0.15) is 0 Å². The van der Waals surface area contributed by atoms with Crippen molar-refractivity contribution in [1.82, 2.24) is 24.8 Å². The van der Waals surface area contributed by atoms with Crippen molar-refractivity contribution in [3.8, 4) is 0 Å². The van der Waals surface area contributed by atoms with Gasteiger partial charge in [-0.15, -0.1) is 11.3 Å². The van der Waals surface area contributed by atoms with E-state index in [2.05, 4.69) is 30.2 Å². The van der Waals surface area contributed by atoms with Crippen LogP contribution in [0.2, 0.25) is 0 Å². The molecule has 0 atom stereocenters. The minimum absolute atomic E-state index is 0.141. The Morgan fingerprint density at radius 2 is 1.96 bits per heavy atom. The Morgan fingerprint density at radius 3 is 2.75 bits per heavy atom. The Hall–Kier alpha value is -2.81. The van der Waals surface area contributed by atoms with Crippen molar-refractivity contribution in [2.24, 2.45) is 0 Å². The number of fused-ring (bicyclic) bond motifs is 1. The van der Waals surface area contributed by atoms with E-state index in [0.717, 1.165) is 29.1 Å². The number of carbonyl (C=O) groups is 1. The number of carbonyl (C=O) groups excluding carboxylic acids is 1. The molecule has 2 amide bonds. The smallest absolute Gasteiger partial charge is 0.323 e. The van der Waals surface area contributed by atoms with Crippen molar-refractivity contribution in [2.45, 2.75) is 0 Å². The molecule has 24 heavy (non-hydrogen) atoms. The summed E-state index contributed by atoms with van der Waals surface area (Å²) in [5.74, 6) is 1.46. The van der Waals surface area contributed by atoms with Gasteiger partial charge < -0.3 is 9.80 Å². The third kappa shape index (κ3) is 2.85. The average Bonchev–Trinajstić information content (AvgIpc) is 3.11. The maximum Gasteiger partial charge on any atom is 0.323 e. The predicted octanol–water partition coefficient (Wildman–Crippen LogP) is 1.84. The number of hydrogen-bond acceptors (Lipinski definition) is 7. The Morgan fingerprint density at radius 1 is 1.08 bits per heavy atom. The summed E-state index contributed by atoms with van der Waals surface area (Å²) >= 11 is 1.64. The van der Waals surface area contributed by atoms with E-state index < -0.39 is 0 Å². The van der Waals surface area contributed by atoms with Gasteiger partial charge in [-0.3, -0.25) is 5.32 Å². The molecule has 8 nitrogen and oxygen atoms in total. The fraction of sp³-hybridized carbons (Fsp3) is 0.267. The molecule has 122 valence electrons. The molecule has 0 saturated carbocycles. The van der Waals surface area contributed by atoms with Gasteiger partial charge in [0.1, 0.15) is 24.3 Å². The molecule has 3 aromatic heterocycles. The molecule has 1 fully saturated rings. The average molecular weight is 341 g/mol. The Bertz CT molecular complexity index is 845. The van der Waals surface area contributed by atoms with Crippen LogP contribution in [0.3, 0.4) is 0 Å². The first-order chi connectivity index (χ1) is 11.8. The maximum atomic E-state index is 12.3. The zero-order valence-corrected chi connectivity index (χ0v) is 13.6. The van der Waals surface area contributed by atoms with Gasteiger partial charge in [-0.1, -0.05) is 0 Å². The Balaban J connectivity index is 1.41. The van der Waals surface area contributed by atoms with Gasteiger partial charge in [0.2, 0.25) is 0 Å². The zero-order valence-electron chi connectivity index (χ0n) is 12.8. The van der Waals surface area contributed by atoms with Gasteiger partial charge >= 0.3 is 6.03 Å². The second-order valence-electron chi connectivity index (χ2n) is 5.33. The van der Waals surface area contributed by atoms with Gasteiger partial charge in [-0.05, 0) is 17.5 Å². The van der Waals surface area contributed by atoms with Crippen LogP contribution < -0.4 is 10.2 Å². The van der Waals surface area contributed by atoms with E-state index in [1.165, 1.54) is 6.33 Å². The van der Waals surface area contributed by atoms with Crippen molar-refractivity contribution in [1.29, 1.82) is 0 Å². The van der Waals surface area contributed by atoms with E-state index in [-0.39, 0.29) is 6.03 Å². The first-order valence-corrected chi connectivity index (χ1v) is 8.44. The highest BCUT2D eigenvalue weighted by atomic mass is 32.1. The van der Waals surface area contributed by atoms with Crippen LogP contribution >= 0.6 is 11.3 Å². The number of thiophene rings is 1. The lowest BCUT2D eigenvalue weighted by molar-refractivity contribution is 0.208. The predicted molar refractivity (Wildman–Crippen MR) is 92.3 cm³/mol. The number of aromatic nitrogens is 4. The molecule has 0 aromatic carbocycles. The van der Waals surface area contributed by atoms with Crippen molar-refractivity contribution in [2.75, 3.05) is 36.4 Å². The molecule has 0 radical (unpaired) electrons. The van der Waals surface area contributed by atoms with E-state index in [9.17, 15) is 4.79 Å². The summed E-state index contributed by atoms with van der Waals surface area (Å²) in [7, 11) is 0. The maximum absolute atomic E-state index is 12.3. The number of amides is 2. The number of urea groups is 1. The highest BCUT2D eigenvalue weighted by Crippen LogP contribution is 2.28. The molecule has 4 rings (SSSR count). The molecule has 0 unspecified atom stereocenters. The Labute approximate surface area is 142 Å². The van der Waals surface area contributed by atoms with Crippen LogP contribution in [0.5, 0.6) is 0 Å². The first-order valence-electron chi connectivity index (χ1n) is 7.56. The SMILES string of the molecule is O=C(Nc1ccncn1)N1CCN(c2ncnc3ccsc23)CC1. The van der Waals surface area contributed by atoms with Gasteiger partial charge in [0, 0.05) is 32.4 Å². The normalized spacial score (nSPS) is 14.8. The fourth-order valence-corrected chi connectivity index (χ4v) is 3.54. The minimum atomic E-state index is -0.141. The summed E-state index contributed by atoms with van der Waals surface area (Å²) in [5.41, 5.74) is 0.967. The van der Waals surface area contributed by atoms with E-state index in [4.69, 9.17) is 0 Å². The van der Waals surface area contributed by atoms with Gasteiger partial charge in [0.05, 0.1) is 10.2 Å². The second kappa shape index (κ2) is 6.36. The molecule has 1 aliphatic rings. The van der Waals surface area contributed by atoms with Crippen LogP contribution in [-0.4, -0.2) is 57.0 Å². The quantitative estimate of drug-likeness (QED) is 0.765. The molecule has 0 spiro atoms. The van der Waals surface area contributed by atoms with Crippen LogP contribution in [0.15, 0.2) is 36.4 Å². The summed E-state index contributed by atoms with van der Waals surface area (Å²) in [6.45, 7) is 2.74. The Kier molecular flexibility index (Phi) is 3.91. The lowest BCUT2D eigenvalue weighted by Crippen LogP contribution is -2.50. The second-order valence-corrected chi connectivity index (χ2v) is 6.25. The van der Waals surface area contributed by atoms with Crippen molar-refractivity contribution in [3.05, 3.63) is 36.4 Å². The molecule has 1 aliphatic heterocycles. The van der Waals surface area contributed by atoms with Crippen molar-refractivity contribution < 1.29 is 4.79 Å². The third-order valence-electron chi connectivity index (χ3n) is 3.91. The number of hydrogen-bond donors (Lipinski definition) is 1. The third-order valence-corrected chi connectivity index (χ3v) is 4.81. The van der Waals surface area contributed by atoms with Gasteiger partial charge in [-0.25, -0.2) is 24.7 Å². The van der Waals surface area contributed by atoms with E-state index in [1.54, 1.807) is 34.8 Å². The van der Waals surface area contributed by atoms with Crippen LogP contribution in [0.4, 0.5) is 16.4 Å². The molecular formula is C15H15N7OS. The number of rotatable bonds is 2. The molecule has 9 heteroatoms. The lowest BCUT2D eigenvalue weighted by Gasteiger charge is -2.35.